The number of aryl methyl sites for hydroxylation is 1. The number of hydrogen-bond acceptors (Lipinski definition) is 8. The van der Waals surface area contributed by atoms with E-state index in [4.69, 9.17) is 4.52 Å². The fourth-order valence-electron chi connectivity index (χ4n) is 5.14. The molecule has 33 heavy (non-hydrogen) atoms. The molecule has 10 heteroatoms. The zero-order valence-corrected chi connectivity index (χ0v) is 17.9. The topological polar surface area (TPSA) is 107 Å². The number of anilines is 1. The SMILES string of the molecule is Cc1ncn2ncn(Cc3nc(C4C5CN(c6cc7ccccc7cn6)CC54)no3)c(=O)c12. The van der Waals surface area contributed by atoms with Crippen LogP contribution in [0.15, 0.2) is 58.5 Å². The summed E-state index contributed by atoms with van der Waals surface area (Å²) < 4.78 is 8.43. The highest BCUT2D eigenvalue weighted by molar-refractivity contribution is 5.84. The van der Waals surface area contributed by atoms with E-state index in [1.807, 2.05) is 12.3 Å². The summed E-state index contributed by atoms with van der Waals surface area (Å²) in [6.45, 7) is 3.85. The van der Waals surface area contributed by atoms with Crippen LogP contribution < -0.4 is 10.5 Å². The molecule has 0 bridgehead atoms. The number of imidazole rings is 1. The lowest BCUT2D eigenvalue weighted by molar-refractivity contribution is 0.363. The van der Waals surface area contributed by atoms with E-state index in [-0.39, 0.29) is 12.1 Å². The molecule has 1 saturated carbocycles. The van der Waals surface area contributed by atoms with E-state index in [0.29, 0.717) is 34.9 Å². The minimum Gasteiger partial charge on any atom is -0.356 e. The van der Waals surface area contributed by atoms with Gasteiger partial charge in [0.25, 0.3) is 5.56 Å². The van der Waals surface area contributed by atoms with Gasteiger partial charge in [-0.2, -0.15) is 10.1 Å². The van der Waals surface area contributed by atoms with E-state index in [1.165, 1.54) is 27.1 Å². The van der Waals surface area contributed by atoms with Crippen LogP contribution in [0.4, 0.5) is 5.82 Å². The van der Waals surface area contributed by atoms with Crippen molar-refractivity contribution in [3.63, 3.8) is 0 Å². The average Bonchev–Trinajstić information content (AvgIpc) is 3.24. The van der Waals surface area contributed by atoms with Crippen LogP contribution in [-0.4, -0.2) is 47.4 Å². The summed E-state index contributed by atoms with van der Waals surface area (Å²) in [5.41, 5.74) is 0.919. The molecule has 164 valence electrons. The summed E-state index contributed by atoms with van der Waals surface area (Å²) in [6, 6.07) is 10.4. The third-order valence-corrected chi connectivity index (χ3v) is 6.93. The van der Waals surface area contributed by atoms with E-state index in [9.17, 15) is 4.79 Å². The third kappa shape index (κ3) is 2.86. The van der Waals surface area contributed by atoms with E-state index in [2.05, 4.69) is 54.4 Å². The summed E-state index contributed by atoms with van der Waals surface area (Å²) >= 11 is 0. The van der Waals surface area contributed by atoms with Gasteiger partial charge in [-0.1, -0.05) is 29.4 Å². The molecule has 5 heterocycles. The summed E-state index contributed by atoms with van der Waals surface area (Å²) in [5, 5.41) is 10.8. The van der Waals surface area contributed by atoms with Crippen molar-refractivity contribution < 1.29 is 4.52 Å². The van der Waals surface area contributed by atoms with Crippen molar-refractivity contribution >= 4 is 22.1 Å². The Balaban J connectivity index is 1.06. The quantitative estimate of drug-likeness (QED) is 0.418. The number of nitrogens with zero attached hydrogens (tertiary/aromatic N) is 8. The zero-order chi connectivity index (χ0) is 22.1. The highest BCUT2D eigenvalue weighted by atomic mass is 16.5. The predicted molar refractivity (Wildman–Crippen MR) is 119 cm³/mol. The van der Waals surface area contributed by atoms with Crippen LogP contribution >= 0.6 is 0 Å². The maximum Gasteiger partial charge on any atom is 0.280 e. The van der Waals surface area contributed by atoms with E-state index >= 15 is 0 Å². The van der Waals surface area contributed by atoms with Crippen molar-refractivity contribution in [1.82, 2.24) is 34.3 Å². The molecular weight excluding hydrogens is 420 g/mol. The number of fused-ring (bicyclic) bond motifs is 3. The molecule has 2 unspecified atom stereocenters. The molecule has 0 radical (unpaired) electrons. The van der Waals surface area contributed by atoms with Gasteiger partial charge in [-0.3, -0.25) is 9.36 Å². The Kier molecular flexibility index (Phi) is 3.76. The van der Waals surface area contributed by atoms with Gasteiger partial charge in [0, 0.05) is 30.6 Å². The maximum absolute atomic E-state index is 12.7. The van der Waals surface area contributed by atoms with Gasteiger partial charge < -0.3 is 9.42 Å². The lowest BCUT2D eigenvalue weighted by Crippen LogP contribution is -2.24. The van der Waals surface area contributed by atoms with Gasteiger partial charge in [0.15, 0.2) is 11.3 Å². The van der Waals surface area contributed by atoms with Crippen LogP contribution in [0.5, 0.6) is 0 Å². The van der Waals surface area contributed by atoms with E-state index in [1.54, 1.807) is 6.92 Å². The normalized spacial score (nSPS) is 21.7. The van der Waals surface area contributed by atoms with Gasteiger partial charge in [-0.25, -0.2) is 14.5 Å². The maximum atomic E-state index is 12.7. The smallest absolute Gasteiger partial charge is 0.280 e. The van der Waals surface area contributed by atoms with Gasteiger partial charge in [-0.15, -0.1) is 0 Å². The van der Waals surface area contributed by atoms with Crippen LogP contribution in [0.3, 0.4) is 0 Å². The monoisotopic (exact) mass is 440 g/mol. The summed E-state index contributed by atoms with van der Waals surface area (Å²) in [4.78, 5) is 28.5. The van der Waals surface area contributed by atoms with Crippen LogP contribution in [0.1, 0.15) is 23.3 Å². The predicted octanol–water partition coefficient (Wildman–Crippen LogP) is 2.03. The van der Waals surface area contributed by atoms with Crippen molar-refractivity contribution in [3.05, 3.63) is 76.9 Å². The highest BCUT2D eigenvalue weighted by Crippen LogP contribution is 2.57. The van der Waals surface area contributed by atoms with Crippen molar-refractivity contribution in [1.29, 1.82) is 0 Å². The molecule has 2 atom stereocenters. The molecule has 1 aromatic carbocycles. The lowest BCUT2D eigenvalue weighted by atomic mass is 10.1. The fourth-order valence-corrected chi connectivity index (χ4v) is 5.14. The number of rotatable bonds is 4. The number of aromatic nitrogens is 7. The largest absolute Gasteiger partial charge is 0.356 e. The average molecular weight is 440 g/mol. The molecule has 2 fully saturated rings. The van der Waals surface area contributed by atoms with Crippen molar-refractivity contribution in [3.8, 4) is 0 Å². The van der Waals surface area contributed by atoms with Gasteiger partial charge in [0.05, 0.1) is 5.69 Å². The Morgan fingerprint density at radius 2 is 1.91 bits per heavy atom. The standard InChI is InChI=1S/C23H20N8O2/c1-13-21-23(32)30(12-26-31(21)11-25-13)10-19-27-22(28-33-19)20-16-8-29(9-17(16)20)18-6-14-4-2-3-5-15(14)7-24-18/h2-7,11-12,16-17,20H,8-10H2,1H3. The summed E-state index contributed by atoms with van der Waals surface area (Å²) in [5.74, 6) is 3.46. The zero-order valence-electron chi connectivity index (χ0n) is 17.9. The summed E-state index contributed by atoms with van der Waals surface area (Å²) in [6.07, 6.45) is 4.95. The second-order valence-electron chi connectivity index (χ2n) is 8.88. The molecule has 0 amide bonds. The molecule has 0 spiro atoms. The molecule has 5 aromatic rings. The highest BCUT2D eigenvalue weighted by Gasteiger charge is 2.58. The number of benzene rings is 1. The fraction of sp³-hybridized carbons (Fsp3) is 0.304. The Labute approximate surface area is 187 Å². The molecular formula is C23H20N8O2. The van der Waals surface area contributed by atoms with Gasteiger partial charge in [0.2, 0.25) is 5.89 Å². The Morgan fingerprint density at radius 1 is 1.09 bits per heavy atom. The van der Waals surface area contributed by atoms with Gasteiger partial charge >= 0.3 is 0 Å². The molecule has 1 aliphatic heterocycles. The van der Waals surface area contributed by atoms with Crippen LogP contribution in [0.25, 0.3) is 16.3 Å². The first-order chi connectivity index (χ1) is 16.2. The van der Waals surface area contributed by atoms with Crippen molar-refractivity contribution in [2.75, 3.05) is 18.0 Å². The second kappa shape index (κ2) is 6.71. The first kappa shape index (κ1) is 18.5. The molecule has 2 aliphatic rings. The number of pyridine rings is 1. The van der Waals surface area contributed by atoms with Crippen LogP contribution in [-0.2, 0) is 6.54 Å². The molecule has 1 saturated heterocycles. The number of piperidine rings is 1. The number of hydrogen-bond donors (Lipinski definition) is 0. The minimum atomic E-state index is -0.179. The Bertz CT molecular complexity index is 1570. The second-order valence-corrected chi connectivity index (χ2v) is 8.88. The van der Waals surface area contributed by atoms with Crippen LogP contribution in [0.2, 0.25) is 0 Å². The van der Waals surface area contributed by atoms with E-state index in [0.717, 1.165) is 30.1 Å². The van der Waals surface area contributed by atoms with E-state index < -0.39 is 0 Å². The summed E-state index contributed by atoms with van der Waals surface area (Å²) in [7, 11) is 0. The molecule has 10 nitrogen and oxygen atoms in total. The molecule has 7 rings (SSSR count). The van der Waals surface area contributed by atoms with Crippen LogP contribution in [0, 0.1) is 18.8 Å². The Morgan fingerprint density at radius 3 is 2.76 bits per heavy atom. The van der Waals surface area contributed by atoms with Gasteiger partial charge in [-0.05, 0) is 30.2 Å². The third-order valence-electron chi connectivity index (χ3n) is 6.93. The lowest BCUT2D eigenvalue weighted by Gasteiger charge is -2.20. The first-order valence-electron chi connectivity index (χ1n) is 11.0. The van der Waals surface area contributed by atoms with Gasteiger partial charge in [0.1, 0.15) is 25.0 Å². The Hall–Kier alpha value is -4.08. The molecule has 1 aliphatic carbocycles. The minimum absolute atomic E-state index is 0.179. The van der Waals surface area contributed by atoms with Crippen molar-refractivity contribution in [2.45, 2.75) is 19.4 Å². The molecule has 4 aromatic heterocycles. The van der Waals surface area contributed by atoms with Crippen molar-refractivity contribution in [2.24, 2.45) is 11.8 Å². The first-order valence-corrected chi connectivity index (χ1v) is 11.0. The molecule has 0 N–H and O–H groups in total.